The van der Waals surface area contributed by atoms with Crippen LogP contribution in [0.3, 0.4) is 0 Å². The minimum atomic E-state index is -0.375. The molecule has 0 spiro atoms. The SMILES string of the molecule is CC(NC(=O)/C=C/c1cc(Br)ccc1F)c1ccccn1. The van der Waals surface area contributed by atoms with Crippen LogP contribution in [0.1, 0.15) is 24.2 Å². The Morgan fingerprint density at radius 1 is 1.38 bits per heavy atom. The zero-order valence-electron chi connectivity index (χ0n) is 11.4. The van der Waals surface area contributed by atoms with Crippen LogP contribution in [-0.4, -0.2) is 10.9 Å². The van der Waals surface area contributed by atoms with Gasteiger partial charge in [-0.25, -0.2) is 4.39 Å². The van der Waals surface area contributed by atoms with Gasteiger partial charge in [0, 0.05) is 22.3 Å². The van der Waals surface area contributed by atoms with Gasteiger partial charge in [0.1, 0.15) is 5.82 Å². The number of carbonyl (C=O) groups is 1. The standard InChI is InChI=1S/C16H14BrFN2O/c1-11(15-4-2-3-9-19-15)20-16(21)8-5-12-10-13(17)6-7-14(12)18/h2-11H,1H3,(H,20,21)/b8-5+. The molecule has 0 fully saturated rings. The molecular weight excluding hydrogens is 335 g/mol. The van der Waals surface area contributed by atoms with E-state index in [9.17, 15) is 9.18 Å². The van der Waals surface area contributed by atoms with Crippen molar-refractivity contribution in [3.8, 4) is 0 Å². The van der Waals surface area contributed by atoms with E-state index in [1.165, 1.54) is 18.2 Å². The Balaban J connectivity index is 2.01. The summed E-state index contributed by atoms with van der Waals surface area (Å²) >= 11 is 3.26. The molecule has 0 bridgehead atoms. The van der Waals surface area contributed by atoms with Gasteiger partial charge < -0.3 is 5.32 Å². The molecule has 1 heterocycles. The van der Waals surface area contributed by atoms with Gasteiger partial charge in [-0.15, -0.1) is 0 Å². The zero-order chi connectivity index (χ0) is 15.2. The normalized spacial score (nSPS) is 12.3. The second-order valence-corrected chi connectivity index (χ2v) is 5.40. The molecule has 108 valence electrons. The number of nitrogens with zero attached hydrogens (tertiary/aromatic N) is 1. The number of hydrogen-bond acceptors (Lipinski definition) is 2. The van der Waals surface area contributed by atoms with Gasteiger partial charge >= 0.3 is 0 Å². The smallest absolute Gasteiger partial charge is 0.244 e. The van der Waals surface area contributed by atoms with Crippen molar-refractivity contribution in [1.82, 2.24) is 10.3 Å². The third-order valence-electron chi connectivity index (χ3n) is 2.86. The van der Waals surface area contributed by atoms with Crippen molar-refractivity contribution in [2.45, 2.75) is 13.0 Å². The average Bonchev–Trinajstić information content (AvgIpc) is 2.49. The van der Waals surface area contributed by atoms with E-state index in [1.807, 2.05) is 25.1 Å². The first-order valence-corrected chi connectivity index (χ1v) is 7.20. The van der Waals surface area contributed by atoms with Crippen molar-refractivity contribution in [3.63, 3.8) is 0 Å². The van der Waals surface area contributed by atoms with Crippen molar-refractivity contribution < 1.29 is 9.18 Å². The summed E-state index contributed by atoms with van der Waals surface area (Å²) in [6.07, 6.45) is 4.43. The third kappa shape index (κ3) is 4.49. The van der Waals surface area contributed by atoms with Crippen LogP contribution < -0.4 is 5.32 Å². The molecule has 0 aliphatic rings. The summed E-state index contributed by atoms with van der Waals surface area (Å²) in [6, 6.07) is 9.86. The Hall–Kier alpha value is -2.01. The number of carbonyl (C=O) groups excluding carboxylic acids is 1. The molecule has 1 N–H and O–H groups in total. The molecule has 1 amide bonds. The lowest BCUT2D eigenvalue weighted by molar-refractivity contribution is -0.117. The Labute approximate surface area is 131 Å². The maximum absolute atomic E-state index is 13.5. The number of hydrogen-bond donors (Lipinski definition) is 1. The molecule has 1 atom stereocenters. The predicted octanol–water partition coefficient (Wildman–Crippen LogP) is 3.87. The second-order valence-electron chi connectivity index (χ2n) is 4.48. The summed E-state index contributed by atoms with van der Waals surface area (Å²) in [7, 11) is 0. The summed E-state index contributed by atoms with van der Waals surface area (Å²) in [4.78, 5) is 16.0. The minimum Gasteiger partial charge on any atom is -0.344 e. The van der Waals surface area contributed by atoms with Gasteiger partial charge in [0.05, 0.1) is 11.7 Å². The van der Waals surface area contributed by atoms with Crippen LogP contribution >= 0.6 is 15.9 Å². The van der Waals surface area contributed by atoms with Gasteiger partial charge in [-0.2, -0.15) is 0 Å². The molecule has 5 heteroatoms. The molecule has 1 unspecified atom stereocenters. The van der Waals surface area contributed by atoms with Crippen LogP contribution in [0.2, 0.25) is 0 Å². The minimum absolute atomic E-state index is 0.212. The zero-order valence-corrected chi connectivity index (χ0v) is 13.0. The first-order chi connectivity index (χ1) is 10.1. The highest BCUT2D eigenvalue weighted by atomic mass is 79.9. The molecule has 1 aromatic heterocycles. The van der Waals surface area contributed by atoms with Gasteiger partial charge in [-0.05, 0) is 43.3 Å². The maximum atomic E-state index is 13.5. The van der Waals surface area contributed by atoms with E-state index >= 15 is 0 Å². The second kappa shape index (κ2) is 7.13. The Bertz CT molecular complexity index is 659. The number of benzene rings is 1. The van der Waals surface area contributed by atoms with E-state index in [-0.39, 0.29) is 17.8 Å². The highest BCUT2D eigenvalue weighted by Gasteiger charge is 2.08. The van der Waals surface area contributed by atoms with E-state index in [4.69, 9.17) is 0 Å². The summed E-state index contributed by atoms with van der Waals surface area (Å²) in [5.74, 6) is -0.674. The fourth-order valence-corrected chi connectivity index (χ4v) is 2.15. The highest BCUT2D eigenvalue weighted by molar-refractivity contribution is 9.10. The number of rotatable bonds is 4. The summed E-state index contributed by atoms with van der Waals surface area (Å²) in [5, 5.41) is 2.78. The summed E-state index contributed by atoms with van der Waals surface area (Å²) in [6.45, 7) is 1.84. The Morgan fingerprint density at radius 2 is 2.19 bits per heavy atom. The van der Waals surface area contributed by atoms with E-state index < -0.39 is 0 Å². The average molecular weight is 349 g/mol. The molecule has 2 aromatic rings. The first-order valence-electron chi connectivity index (χ1n) is 6.41. The number of pyridine rings is 1. The van der Waals surface area contributed by atoms with Gasteiger partial charge in [-0.3, -0.25) is 9.78 Å². The molecule has 0 aliphatic heterocycles. The van der Waals surface area contributed by atoms with Gasteiger partial charge in [0.15, 0.2) is 0 Å². The van der Waals surface area contributed by atoms with Crippen LogP contribution in [0.4, 0.5) is 4.39 Å². The van der Waals surface area contributed by atoms with E-state index in [0.717, 1.165) is 10.2 Å². The van der Waals surface area contributed by atoms with Crippen molar-refractivity contribution in [2.75, 3.05) is 0 Å². The Kier molecular flexibility index (Phi) is 5.22. The lowest BCUT2D eigenvalue weighted by Crippen LogP contribution is -2.25. The molecule has 2 rings (SSSR count). The quantitative estimate of drug-likeness (QED) is 0.852. The molecule has 0 saturated carbocycles. The predicted molar refractivity (Wildman–Crippen MR) is 83.9 cm³/mol. The first kappa shape index (κ1) is 15.4. The van der Waals surface area contributed by atoms with Crippen LogP contribution in [0, 0.1) is 5.82 Å². The highest BCUT2D eigenvalue weighted by Crippen LogP contribution is 2.16. The number of amides is 1. The number of nitrogens with one attached hydrogen (secondary N) is 1. The van der Waals surface area contributed by atoms with E-state index in [0.29, 0.717) is 5.56 Å². The molecule has 1 aromatic carbocycles. The fourth-order valence-electron chi connectivity index (χ4n) is 1.78. The Morgan fingerprint density at radius 3 is 2.90 bits per heavy atom. The lowest BCUT2D eigenvalue weighted by Gasteiger charge is -2.11. The van der Waals surface area contributed by atoms with Gasteiger partial charge in [0.2, 0.25) is 5.91 Å². The van der Waals surface area contributed by atoms with Gasteiger partial charge in [0.25, 0.3) is 0 Å². The fraction of sp³-hybridized carbons (Fsp3) is 0.125. The molecule has 21 heavy (non-hydrogen) atoms. The molecule has 0 saturated heterocycles. The number of halogens is 2. The molecule has 0 radical (unpaired) electrons. The van der Waals surface area contributed by atoms with Crippen LogP contribution in [0.5, 0.6) is 0 Å². The van der Waals surface area contributed by atoms with E-state index in [1.54, 1.807) is 18.3 Å². The van der Waals surface area contributed by atoms with E-state index in [2.05, 4.69) is 26.2 Å². The monoisotopic (exact) mass is 348 g/mol. The maximum Gasteiger partial charge on any atom is 0.244 e. The summed E-state index contributed by atoms with van der Waals surface area (Å²) in [5.41, 5.74) is 1.12. The van der Waals surface area contributed by atoms with Crippen LogP contribution in [0.15, 0.2) is 53.1 Å². The van der Waals surface area contributed by atoms with Crippen molar-refractivity contribution in [2.24, 2.45) is 0 Å². The van der Waals surface area contributed by atoms with Crippen molar-refractivity contribution >= 4 is 27.9 Å². The molecule has 0 aliphatic carbocycles. The third-order valence-corrected chi connectivity index (χ3v) is 3.36. The largest absolute Gasteiger partial charge is 0.344 e. The lowest BCUT2D eigenvalue weighted by atomic mass is 10.2. The topological polar surface area (TPSA) is 42.0 Å². The molecule has 3 nitrogen and oxygen atoms in total. The van der Waals surface area contributed by atoms with Gasteiger partial charge in [-0.1, -0.05) is 22.0 Å². The summed E-state index contributed by atoms with van der Waals surface area (Å²) < 4.78 is 14.3. The molecular formula is C16H14BrFN2O. The van der Waals surface area contributed by atoms with Crippen LogP contribution in [0.25, 0.3) is 6.08 Å². The van der Waals surface area contributed by atoms with Crippen LogP contribution in [-0.2, 0) is 4.79 Å². The van der Waals surface area contributed by atoms with Crippen molar-refractivity contribution in [1.29, 1.82) is 0 Å². The van der Waals surface area contributed by atoms with Crippen molar-refractivity contribution in [3.05, 3.63) is 70.2 Å². The number of aromatic nitrogens is 1.